The first-order valence-electron chi connectivity index (χ1n) is 9.81. The summed E-state index contributed by atoms with van der Waals surface area (Å²) in [5.41, 5.74) is -0.312. The van der Waals surface area contributed by atoms with Crippen LogP contribution in [0.5, 0.6) is 5.75 Å². The van der Waals surface area contributed by atoms with E-state index in [1.54, 1.807) is 31.3 Å². The summed E-state index contributed by atoms with van der Waals surface area (Å²) in [5, 5.41) is 12.3. The lowest BCUT2D eigenvalue weighted by atomic mass is 9.81. The molecule has 0 bridgehead atoms. The van der Waals surface area contributed by atoms with Gasteiger partial charge >= 0.3 is 5.97 Å². The number of benzene rings is 1. The fourth-order valence-corrected chi connectivity index (χ4v) is 3.82. The monoisotopic (exact) mass is 399 g/mol. The molecule has 1 aromatic carbocycles. The van der Waals surface area contributed by atoms with E-state index in [0.717, 1.165) is 19.3 Å². The fourth-order valence-electron chi connectivity index (χ4n) is 3.82. The lowest BCUT2D eigenvalue weighted by molar-refractivity contribution is -0.162. The molecule has 8 heteroatoms. The molecule has 1 aliphatic heterocycles. The number of likely N-dealkylation sites (N-methyl/N-ethyl adjacent to an activating group) is 1. The number of rotatable bonds is 5. The molecule has 1 N–H and O–H groups in total. The normalized spacial score (nSPS) is 20.9. The Kier molecular flexibility index (Phi) is 6.06. The van der Waals surface area contributed by atoms with Crippen molar-refractivity contribution in [2.24, 2.45) is 0 Å². The predicted octanol–water partition coefficient (Wildman–Crippen LogP) is 2.39. The highest BCUT2D eigenvalue weighted by Crippen LogP contribution is 2.33. The van der Waals surface area contributed by atoms with Crippen molar-refractivity contribution in [2.45, 2.75) is 63.2 Å². The van der Waals surface area contributed by atoms with E-state index < -0.39 is 35.5 Å². The maximum atomic E-state index is 12.7. The standard InChI is InChI=1S/C21H25N3O5/c1-14(20(27)24(2)21(13-22)10-6-3-7-11-21)28-18(25)12-17-19(26)23-15-8-4-5-9-16(15)29-17/h4-5,8-9,14,17H,3,6-7,10-12H2,1-2H3,(H,23,26)/t14-,17-/m1/s1. The Morgan fingerprint density at radius 1 is 1.34 bits per heavy atom. The Morgan fingerprint density at radius 2 is 2.03 bits per heavy atom. The van der Waals surface area contributed by atoms with Crippen LogP contribution < -0.4 is 10.1 Å². The number of anilines is 1. The quantitative estimate of drug-likeness (QED) is 0.762. The molecule has 1 aliphatic carbocycles. The molecule has 0 unspecified atom stereocenters. The summed E-state index contributed by atoms with van der Waals surface area (Å²) in [7, 11) is 1.58. The highest BCUT2D eigenvalue weighted by molar-refractivity contribution is 5.99. The zero-order chi connectivity index (χ0) is 21.0. The van der Waals surface area contributed by atoms with Gasteiger partial charge in [-0.15, -0.1) is 0 Å². The molecule has 0 saturated heterocycles. The average molecular weight is 399 g/mol. The van der Waals surface area contributed by atoms with Crippen LogP contribution in [-0.2, 0) is 19.1 Å². The SMILES string of the molecule is C[C@@H](OC(=O)C[C@H]1Oc2ccccc2NC1=O)C(=O)N(C)C1(C#N)CCCCC1. The number of nitrogens with one attached hydrogen (secondary N) is 1. The molecule has 8 nitrogen and oxygen atoms in total. The van der Waals surface area contributed by atoms with Gasteiger partial charge in [0.1, 0.15) is 11.3 Å². The lowest BCUT2D eigenvalue weighted by Crippen LogP contribution is -2.53. The molecule has 1 fully saturated rings. The van der Waals surface area contributed by atoms with Crippen molar-refractivity contribution in [2.75, 3.05) is 12.4 Å². The van der Waals surface area contributed by atoms with Crippen LogP contribution in [-0.4, -0.2) is 47.5 Å². The van der Waals surface area contributed by atoms with Crippen LogP contribution in [0.25, 0.3) is 0 Å². The van der Waals surface area contributed by atoms with Gasteiger partial charge in [0.25, 0.3) is 11.8 Å². The minimum atomic E-state index is -1.06. The van der Waals surface area contributed by atoms with E-state index in [1.807, 2.05) is 0 Å². The van der Waals surface area contributed by atoms with Gasteiger partial charge in [0.2, 0.25) is 0 Å². The minimum absolute atomic E-state index is 0.315. The summed E-state index contributed by atoms with van der Waals surface area (Å²) in [6, 6.07) is 9.20. The average Bonchev–Trinajstić information content (AvgIpc) is 2.73. The molecule has 2 aliphatic rings. The van der Waals surface area contributed by atoms with Crippen molar-refractivity contribution < 1.29 is 23.9 Å². The molecule has 2 atom stereocenters. The highest BCUT2D eigenvalue weighted by atomic mass is 16.6. The minimum Gasteiger partial charge on any atom is -0.478 e. The first-order valence-corrected chi connectivity index (χ1v) is 9.81. The lowest BCUT2D eigenvalue weighted by Gasteiger charge is -2.39. The van der Waals surface area contributed by atoms with E-state index >= 15 is 0 Å². The van der Waals surface area contributed by atoms with Gasteiger partial charge in [0, 0.05) is 7.05 Å². The maximum Gasteiger partial charge on any atom is 0.310 e. The molecule has 154 valence electrons. The van der Waals surface area contributed by atoms with Gasteiger partial charge in [0.15, 0.2) is 12.2 Å². The number of amides is 2. The molecular formula is C21H25N3O5. The summed E-state index contributed by atoms with van der Waals surface area (Å²) in [6.07, 6.45) is 1.64. The molecule has 0 aromatic heterocycles. The van der Waals surface area contributed by atoms with Crippen molar-refractivity contribution >= 4 is 23.5 Å². The Labute approximate surface area is 169 Å². The third kappa shape index (κ3) is 4.34. The first-order chi connectivity index (χ1) is 13.9. The number of carbonyl (C=O) groups is 3. The predicted molar refractivity (Wildman–Crippen MR) is 104 cm³/mol. The second kappa shape index (κ2) is 8.52. The molecule has 1 aromatic rings. The van der Waals surface area contributed by atoms with Crippen molar-refractivity contribution in [1.82, 2.24) is 4.90 Å². The zero-order valence-electron chi connectivity index (χ0n) is 16.6. The van der Waals surface area contributed by atoms with Gasteiger partial charge in [-0.25, -0.2) is 0 Å². The van der Waals surface area contributed by atoms with Crippen LogP contribution >= 0.6 is 0 Å². The number of para-hydroxylation sites is 2. The molecule has 1 saturated carbocycles. The van der Waals surface area contributed by atoms with Crippen molar-refractivity contribution in [3.05, 3.63) is 24.3 Å². The molecule has 29 heavy (non-hydrogen) atoms. The second-order valence-corrected chi connectivity index (χ2v) is 7.53. The number of fused-ring (bicyclic) bond motifs is 1. The van der Waals surface area contributed by atoms with E-state index in [4.69, 9.17) is 9.47 Å². The van der Waals surface area contributed by atoms with Crippen LogP contribution in [0.3, 0.4) is 0 Å². The summed E-state index contributed by atoms with van der Waals surface area (Å²) in [5.74, 6) is -1.11. The largest absolute Gasteiger partial charge is 0.478 e. The number of hydrogen-bond donors (Lipinski definition) is 1. The van der Waals surface area contributed by atoms with E-state index in [2.05, 4.69) is 11.4 Å². The number of nitrogens with zero attached hydrogens (tertiary/aromatic N) is 2. The Hall–Kier alpha value is -3.08. The van der Waals surface area contributed by atoms with Crippen molar-refractivity contribution in [3.8, 4) is 11.8 Å². The number of hydrogen-bond acceptors (Lipinski definition) is 6. The van der Waals surface area contributed by atoms with Gasteiger partial charge in [-0.1, -0.05) is 31.4 Å². The molecule has 0 radical (unpaired) electrons. The Bertz CT molecular complexity index is 841. The zero-order valence-corrected chi connectivity index (χ0v) is 16.6. The van der Waals surface area contributed by atoms with E-state index in [9.17, 15) is 19.6 Å². The third-order valence-electron chi connectivity index (χ3n) is 5.58. The van der Waals surface area contributed by atoms with Gasteiger partial charge < -0.3 is 19.7 Å². The summed E-state index contributed by atoms with van der Waals surface area (Å²) in [4.78, 5) is 38.6. The summed E-state index contributed by atoms with van der Waals surface area (Å²) in [6.45, 7) is 1.47. The van der Waals surface area contributed by atoms with E-state index in [0.29, 0.717) is 24.3 Å². The van der Waals surface area contributed by atoms with Crippen molar-refractivity contribution in [3.63, 3.8) is 0 Å². The molecule has 2 amide bonds. The van der Waals surface area contributed by atoms with Crippen LogP contribution in [0.15, 0.2) is 24.3 Å². The molecular weight excluding hydrogens is 374 g/mol. The number of nitriles is 1. The number of esters is 1. The molecule has 1 heterocycles. The van der Waals surface area contributed by atoms with Gasteiger partial charge in [0.05, 0.1) is 18.2 Å². The van der Waals surface area contributed by atoms with E-state index in [1.165, 1.54) is 11.8 Å². The summed E-state index contributed by atoms with van der Waals surface area (Å²) < 4.78 is 10.8. The highest BCUT2D eigenvalue weighted by Gasteiger charge is 2.41. The first kappa shape index (κ1) is 20.6. The van der Waals surface area contributed by atoms with Crippen LogP contribution in [0, 0.1) is 11.3 Å². The number of ether oxygens (including phenoxy) is 2. The maximum absolute atomic E-state index is 12.7. The smallest absolute Gasteiger partial charge is 0.310 e. The van der Waals surface area contributed by atoms with Crippen LogP contribution in [0.4, 0.5) is 5.69 Å². The summed E-state index contributed by atoms with van der Waals surface area (Å²) >= 11 is 0. The van der Waals surface area contributed by atoms with Crippen LogP contribution in [0.2, 0.25) is 0 Å². The number of carbonyl (C=O) groups excluding carboxylic acids is 3. The molecule has 0 spiro atoms. The Balaban J connectivity index is 1.58. The van der Waals surface area contributed by atoms with Crippen LogP contribution in [0.1, 0.15) is 45.4 Å². The van der Waals surface area contributed by atoms with Gasteiger partial charge in [-0.2, -0.15) is 5.26 Å². The Morgan fingerprint density at radius 3 is 2.72 bits per heavy atom. The van der Waals surface area contributed by atoms with Gasteiger partial charge in [-0.05, 0) is 31.9 Å². The van der Waals surface area contributed by atoms with Gasteiger partial charge in [-0.3, -0.25) is 14.4 Å². The second-order valence-electron chi connectivity index (χ2n) is 7.53. The third-order valence-corrected chi connectivity index (χ3v) is 5.58. The topological polar surface area (TPSA) is 109 Å². The molecule has 3 rings (SSSR count). The fraction of sp³-hybridized carbons (Fsp3) is 0.524. The van der Waals surface area contributed by atoms with Crippen molar-refractivity contribution in [1.29, 1.82) is 5.26 Å². The van der Waals surface area contributed by atoms with E-state index in [-0.39, 0.29) is 6.42 Å².